The standard InChI is InChI=1S/C26H32O3/c1-3-20(2)26(27)29-17-9-5-8-16-28-25-15-14-22-12-13-23(18-24(22)19-25)21-10-6-4-7-11-21/h4,6-7,10-11,14-15,18-20H,3,5,8-9,12-13,16-17H2,1-2H3. The zero-order valence-electron chi connectivity index (χ0n) is 17.7. The van der Waals surface area contributed by atoms with Crippen molar-refractivity contribution >= 4 is 17.6 Å². The number of aryl methyl sites for hydroxylation is 1. The van der Waals surface area contributed by atoms with Crippen LogP contribution in [-0.2, 0) is 16.0 Å². The van der Waals surface area contributed by atoms with Crippen molar-refractivity contribution in [1.29, 1.82) is 0 Å². The molecule has 0 spiro atoms. The van der Waals surface area contributed by atoms with Crippen LogP contribution < -0.4 is 4.74 Å². The number of allylic oxidation sites excluding steroid dienone is 1. The maximum Gasteiger partial charge on any atom is 0.308 e. The van der Waals surface area contributed by atoms with Gasteiger partial charge in [-0.05, 0) is 72.9 Å². The monoisotopic (exact) mass is 392 g/mol. The van der Waals surface area contributed by atoms with E-state index in [0.29, 0.717) is 13.2 Å². The summed E-state index contributed by atoms with van der Waals surface area (Å²) in [7, 11) is 0. The predicted octanol–water partition coefficient (Wildman–Crippen LogP) is 6.31. The summed E-state index contributed by atoms with van der Waals surface area (Å²) in [6.45, 7) is 5.11. The second-order valence-electron chi connectivity index (χ2n) is 7.78. The molecule has 1 aliphatic rings. The summed E-state index contributed by atoms with van der Waals surface area (Å²) in [6.07, 6.45) is 8.13. The summed E-state index contributed by atoms with van der Waals surface area (Å²) in [5.41, 5.74) is 5.35. The van der Waals surface area contributed by atoms with Gasteiger partial charge in [-0.3, -0.25) is 4.79 Å². The number of esters is 1. The first kappa shape index (κ1) is 21.2. The van der Waals surface area contributed by atoms with Gasteiger partial charge in [-0.2, -0.15) is 0 Å². The maximum atomic E-state index is 11.6. The Labute approximate surface area is 174 Å². The van der Waals surface area contributed by atoms with E-state index in [-0.39, 0.29) is 11.9 Å². The first-order valence-electron chi connectivity index (χ1n) is 10.9. The quantitative estimate of drug-likeness (QED) is 0.351. The van der Waals surface area contributed by atoms with Gasteiger partial charge >= 0.3 is 5.97 Å². The third kappa shape index (κ3) is 6.22. The molecular formula is C26H32O3. The Bertz CT molecular complexity index is 823. The lowest BCUT2D eigenvalue weighted by Crippen LogP contribution is -2.14. The van der Waals surface area contributed by atoms with Crippen molar-refractivity contribution in [3.8, 4) is 5.75 Å². The molecule has 1 unspecified atom stereocenters. The molecule has 0 N–H and O–H groups in total. The Morgan fingerprint density at radius 2 is 1.79 bits per heavy atom. The van der Waals surface area contributed by atoms with Gasteiger partial charge in [0.25, 0.3) is 0 Å². The van der Waals surface area contributed by atoms with E-state index in [1.165, 1.54) is 22.3 Å². The van der Waals surface area contributed by atoms with Gasteiger partial charge < -0.3 is 9.47 Å². The van der Waals surface area contributed by atoms with Crippen LogP contribution in [0, 0.1) is 5.92 Å². The first-order valence-corrected chi connectivity index (χ1v) is 10.9. The van der Waals surface area contributed by atoms with E-state index in [9.17, 15) is 4.79 Å². The molecule has 0 saturated carbocycles. The Hall–Kier alpha value is -2.55. The smallest absolute Gasteiger partial charge is 0.308 e. The molecule has 29 heavy (non-hydrogen) atoms. The highest BCUT2D eigenvalue weighted by Crippen LogP contribution is 2.32. The fraction of sp³-hybridized carbons (Fsp3) is 0.423. The number of carbonyl (C=O) groups excluding carboxylic acids is 1. The van der Waals surface area contributed by atoms with Crippen molar-refractivity contribution in [2.45, 2.75) is 52.4 Å². The lowest BCUT2D eigenvalue weighted by atomic mass is 9.88. The van der Waals surface area contributed by atoms with Crippen LogP contribution in [0.15, 0.2) is 48.5 Å². The van der Waals surface area contributed by atoms with Gasteiger partial charge in [0.05, 0.1) is 19.1 Å². The number of fused-ring (bicyclic) bond motifs is 1. The zero-order chi connectivity index (χ0) is 20.5. The molecule has 2 aromatic rings. The van der Waals surface area contributed by atoms with Crippen molar-refractivity contribution in [3.05, 3.63) is 65.2 Å². The van der Waals surface area contributed by atoms with E-state index in [1.807, 2.05) is 13.8 Å². The minimum Gasteiger partial charge on any atom is -0.494 e. The predicted molar refractivity (Wildman–Crippen MR) is 119 cm³/mol. The van der Waals surface area contributed by atoms with Gasteiger partial charge in [-0.1, -0.05) is 56.3 Å². The van der Waals surface area contributed by atoms with Crippen molar-refractivity contribution in [3.63, 3.8) is 0 Å². The Balaban J connectivity index is 1.43. The van der Waals surface area contributed by atoms with Crippen LogP contribution in [0.3, 0.4) is 0 Å². The second-order valence-corrected chi connectivity index (χ2v) is 7.78. The van der Waals surface area contributed by atoms with Gasteiger partial charge in [0.15, 0.2) is 0 Å². The number of benzene rings is 2. The van der Waals surface area contributed by atoms with E-state index in [1.54, 1.807) is 0 Å². The number of carbonyl (C=O) groups is 1. The molecule has 3 heteroatoms. The molecule has 0 aliphatic heterocycles. The number of unbranched alkanes of at least 4 members (excludes halogenated alkanes) is 2. The zero-order valence-corrected chi connectivity index (χ0v) is 17.7. The molecule has 2 aromatic carbocycles. The van der Waals surface area contributed by atoms with Crippen molar-refractivity contribution in [2.75, 3.05) is 13.2 Å². The molecule has 0 bridgehead atoms. The summed E-state index contributed by atoms with van der Waals surface area (Å²) in [5.74, 6) is 0.844. The highest BCUT2D eigenvalue weighted by molar-refractivity contribution is 5.84. The van der Waals surface area contributed by atoms with Crippen LogP contribution in [0.5, 0.6) is 5.75 Å². The minimum atomic E-state index is -0.0827. The SMILES string of the molecule is CCC(C)C(=O)OCCCCCOc1ccc2c(c1)C=C(c1ccccc1)CC2. The van der Waals surface area contributed by atoms with Crippen molar-refractivity contribution in [1.82, 2.24) is 0 Å². The molecule has 3 rings (SSSR count). The third-order valence-corrected chi connectivity index (χ3v) is 5.57. The van der Waals surface area contributed by atoms with Crippen molar-refractivity contribution < 1.29 is 14.3 Å². The largest absolute Gasteiger partial charge is 0.494 e. The Morgan fingerprint density at radius 1 is 1.00 bits per heavy atom. The highest BCUT2D eigenvalue weighted by Gasteiger charge is 2.13. The molecule has 0 fully saturated rings. The van der Waals surface area contributed by atoms with Crippen LogP contribution in [0.25, 0.3) is 11.6 Å². The summed E-state index contributed by atoms with van der Waals surface area (Å²) in [4.78, 5) is 11.6. The average molecular weight is 393 g/mol. The molecule has 3 nitrogen and oxygen atoms in total. The van der Waals surface area contributed by atoms with Crippen LogP contribution in [-0.4, -0.2) is 19.2 Å². The van der Waals surface area contributed by atoms with Crippen LogP contribution in [0.4, 0.5) is 0 Å². The molecule has 0 heterocycles. The number of rotatable bonds is 10. The van der Waals surface area contributed by atoms with Crippen molar-refractivity contribution in [2.24, 2.45) is 5.92 Å². The summed E-state index contributed by atoms with van der Waals surface area (Å²) in [5, 5.41) is 0. The van der Waals surface area contributed by atoms with E-state index >= 15 is 0 Å². The lowest BCUT2D eigenvalue weighted by Gasteiger charge is -2.18. The molecule has 0 amide bonds. The van der Waals surface area contributed by atoms with Crippen LogP contribution >= 0.6 is 0 Å². The normalized spacial score (nSPS) is 13.9. The fourth-order valence-corrected chi connectivity index (χ4v) is 3.49. The maximum absolute atomic E-state index is 11.6. The summed E-state index contributed by atoms with van der Waals surface area (Å²) in [6, 6.07) is 17.0. The first-order chi connectivity index (χ1) is 14.2. The van der Waals surface area contributed by atoms with Gasteiger partial charge in [0, 0.05) is 0 Å². The van der Waals surface area contributed by atoms with E-state index in [2.05, 4.69) is 54.6 Å². The second kappa shape index (κ2) is 10.8. The Kier molecular flexibility index (Phi) is 7.92. The van der Waals surface area contributed by atoms with Crippen LogP contribution in [0.1, 0.15) is 62.6 Å². The number of ether oxygens (including phenoxy) is 2. The lowest BCUT2D eigenvalue weighted by molar-refractivity contribution is -0.148. The topological polar surface area (TPSA) is 35.5 Å². The molecule has 0 saturated heterocycles. The van der Waals surface area contributed by atoms with Gasteiger partial charge in [0.1, 0.15) is 5.75 Å². The average Bonchev–Trinajstić information content (AvgIpc) is 2.77. The van der Waals surface area contributed by atoms with E-state index in [4.69, 9.17) is 9.47 Å². The highest BCUT2D eigenvalue weighted by atomic mass is 16.5. The molecule has 0 aromatic heterocycles. The fourth-order valence-electron chi connectivity index (χ4n) is 3.49. The van der Waals surface area contributed by atoms with Gasteiger partial charge in [-0.15, -0.1) is 0 Å². The molecular weight excluding hydrogens is 360 g/mol. The summed E-state index contributed by atoms with van der Waals surface area (Å²) < 4.78 is 11.2. The van der Waals surface area contributed by atoms with E-state index < -0.39 is 0 Å². The molecule has 1 aliphatic carbocycles. The van der Waals surface area contributed by atoms with Gasteiger partial charge in [0.2, 0.25) is 0 Å². The minimum absolute atomic E-state index is 0.00111. The summed E-state index contributed by atoms with van der Waals surface area (Å²) >= 11 is 0. The molecule has 0 radical (unpaired) electrons. The number of hydrogen-bond acceptors (Lipinski definition) is 3. The molecule has 154 valence electrons. The third-order valence-electron chi connectivity index (χ3n) is 5.57. The van der Waals surface area contributed by atoms with Crippen LogP contribution in [0.2, 0.25) is 0 Å². The number of hydrogen-bond donors (Lipinski definition) is 0. The molecule has 1 atom stereocenters. The Morgan fingerprint density at radius 3 is 2.59 bits per heavy atom. The van der Waals surface area contributed by atoms with E-state index in [0.717, 1.165) is 44.3 Å². The van der Waals surface area contributed by atoms with Gasteiger partial charge in [-0.25, -0.2) is 0 Å².